The molecule has 0 saturated heterocycles. The largest absolute Gasteiger partial charge is 0.457 e. The number of hydrogen-bond donors (Lipinski definition) is 0. The molecular formula is C4HF10P. The Morgan fingerprint density at radius 3 is 0.800 bits per heavy atom. The average molecular weight is 270 g/mol. The molecular weight excluding hydrogens is 269 g/mol. The molecule has 15 heavy (non-hydrogen) atoms. The molecule has 0 aromatic heterocycles. The highest BCUT2D eigenvalue weighted by Crippen LogP contribution is 2.60. The number of alkyl halides is 10. The van der Waals surface area contributed by atoms with Crippen molar-refractivity contribution in [2.45, 2.75) is 23.7 Å². The van der Waals surface area contributed by atoms with E-state index in [0.717, 1.165) is 0 Å². The maximum absolute atomic E-state index is 11.9. The second-order valence-electron chi connectivity index (χ2n) is 2.27. The summed E-state index contributed by atoms with van der Waals surface area (Å²) in [5.41, 5.74) is -12.1. The molecule has 0 rings (SSSR count). The Kier molecular flexibility index (Phi) is 3.57. The third kappa shape index (κ3) is 3.35. The molecule has 0 N–H and O–H groups in total. The monoisotopic (exact) mass is 270 g/mol. The van der Waals surface area contributed by atoms with E-state index in [0.29, 0.717) is 0 Å². The lowest BCUT2D eigenvalue weighted by Crippen LogP contribution is -2.40. The van der Waals surface area contributed by atoms with Gasteiger partial charge >= 0.3 is 23.7 Å². The van der Waals surface area contributed by atoms with Gasteiger partial charge in [-0.2, -0.15) is 43.9 Å². The van der Waals surface area contributed by atoms with E-state index in [-0.39, 0.29) is 0 Å². The van der Waals surface area contributed by atoms with Crippen molar-refractivity contribution < 1.29 is 43.9 Å². The molecule has 0 aliphatic rings. The predicted molar refractivity (Wildman–Crippen MR) is 30.3 cm³/mol. The summed E-state index contributed by atoms with van der Waals surface area (Å²) in [4.78, 5) is 0. The first-order valence-corrected chi connectivity index (χ1v) is 3.89. The van der Waals surface area contributed by atoms with Gasteiger partial charge in [0.25, 0.3) is 0 Å². The normalized spacial score (nSPS) is 15.6. The molecule has 0 aliphatic carbocycles. The van der Waals surface area contributed by atoms with E-state index in [9.17, 15) is 43.9 Å². The molecule has 0 unspecified atom stereocenters. The van der Waals surface area contributed by atoms with Gasteiger partial charge in [0.1, 0.15) is 0 Å². The Morgan fingerprint density at radius 2 is 0.667 bits per heavy atom. The van der Waals surface area contributed by atoms with E-state index in [4.69, 9.17) is 0 Å². The van der Waals surface area contributed by atoms with Crippen LogP contribution in [0.25, 0.3) is 0 Å². The standard InChI is InChI=1S/C4HF10P/c5-1(6,7)3(11,12)15-4(13,14)2(8,9)10/h15H. The van der Waals surface area contributed by atoms with Crippen LogP contribution in [-0.2, 0) is 0 Å². The first-order valence-electron chi connectivity index (χ1n) is 2.89. The molecule has 0 radical (unpaired) electrons. The summed E-state index contributed by atoms with van der Waals surface area (Å²) in [7, 11) is -3.93. The van der Waals surface area contributed by atoms with E-state index in [1.54, 1.807) is 0 Å². The highest BCUT2D eigenvalue weighted by molar-refractivity contribution is 7.41. The fourth-order valence-electron chi connectivity index (χ4n) is 0.339. The van der Waals surface area contributed by atoms with Gasteiger partial charge in [-0.05, 0) is 0 Å². The van der Waals surface area contributed by atoms with Gasteiger partial charge in [-0.1, -0.05) is 0 Å². The van der Waals surface area contributed by atoms with Crippen LogP contribution in [0.4, 0.5) is 43.9 Å². The third-order valence-corrected chi connectivity index (χ3v) is 2.22. The Hall–Kier alpha value is -0.270. The number of rotatable bonds is 2. The topological polar surface area (TPSA) is 0 Å². The van der Waals surface area contributed by atoms with Crippen LogP contribution in [0.15, 0.2) is 0 Å². The molecule has 0 fully saturated rings. The van der Waals surface area contributed by atoms with Crippen molar-refractivity contribution in [3.05, 3.63) is 0 Å². The van der Waals surface area contributed by atoms with Gasteiger partial charge in [-0.3, -0.25) is 0 Å². The van der Waals surface area contributed by atoms with E-state index in [2.05, 4.69) is 0 Å². The summed E-state index contributed by atoms with van der Waals surface area (Å²) in [6.45, 7) is 0. The van der Waals surface area contributed by atoms with Crippen LogP contribution < -0.4 is 0 Å². The quantitative estimate of drug-likeness (QED) is 0.526. The van der Waals surface area contributed by atoms with Crippen LogP contribution in [0, 0.1) is 0 Å². The summed E-state index contributed by atoms with van der Waals surface area (Å²) < 4.78 is 115. The van der Waals surface area contributed by atoms with Crippen LogP contribution in [0.1, 0.15) is 0 Å². The van der Waals surface area contributed by atoms with Crippen molar-refractivity contribution in [1.29, 1.82) is 0 Å². The lowest BCUT2D eigenvalue weighted by Gasteiger charge is -2.26. The zero-order valence-corrected chi connectivity index (χ0v) is 7.28. The Morgan fingerprint density at radius 1 is 0.467 bits per heavy atom. The minimum Gasteiger partial charge on any atom is -0.191 e. The van der Waals surface area contributed by atoms with Crippen LogP contribution in [0.3, 0.4) is 0 Å². The molecule has 0 amide bonds. The highest BCUT2D eigenvalue weighted by Gasteiger charge is 2.69. The molecule has 0 aromatic rings. The van der Waals surface area contributed by atoms with Crippen molar-refractivity contribution in [2.75, 3.05) is 0 Å². The minimum absolute atomic E-state index is 3.93. The maximum Gasteiger partial charge on any atom is 0.457 e. The Bertz CT molecular complexity index is 199. The summed E-state index contributed by atoms with van der Waals surface area (Å²) in [5.74, 6) is 0. The van der Waals surface area contributed by atoms with Gasteiger partial charge in [0.2, 0.25) is 0 Å². The van der Waals surface area contributed by atoms with Crippen molar-refractivity contribution in [3.63, 3.8) is 0 Å². The van der Waals surface area contributed by atoms with Crippen molar-refractivity contribution in [2.24, 2.45) is 0 Å². The SMILES string of the molecule is FC(F)(F)C(F)(F)PC(F)(F)C(F)(F)F. The van der Waals surface area contributed by atoms with Gasteiger partial charge in [0.15, 0.2) is 0 Å². The van der Waals surface area contributed by atoms with Crippen molar-refractivity contribution in [3.8, 4) is 0 Å². The molecule has 11 heteroatoms. The van der Waals surface area contributed by atoms with Crippen molar-refractivity contribution >= 4 is 8.58 Å². The van der Waals surface area contributed by atoms with Crippen LogP contribution in [-0.4, -0.2) is 23.7 Å². The van der Waals surface area contributed by atoms with E-state index < -0.39 is 32.3 Å². The lowest BCUT2D eigenvalue weighted by molar-refractivity contribution is -0.259. The molecule has 0 aliphatic heterocycles. The van der Waals surface area contributed by atoms with Gasteiger partial charge in [-0.15, -0.1) is 0 Å². The summed E-state index contributed by atoms with van der Waals surface area (Å²) in [5, 5.41) is 0. The molecule has 0 heterocycles. The predicted octanol–water partition coefficient (Wildman–Crippen LogP) is 3.98. The van der Waals surface area contributed by atoms with Crippen LogP contribution in [0.2, 0.25) is 0 Å². The lowest BCUT2D eigenvalue weighted by atomic mass is 10.7. The summed E-state index contributed by atoms with van der Waals surface area (Å²) in [6.07, 6.45) is -12.9. The zero-order valence-electron chi connectivity index (χ0n) is 6.28. The summed E-state index contributed by atoms with van der Waals surface area (Å²) >= 11 is 0. The molecule has 0 aromatic carbocycles. The second kappa shape index (κ2) is 3.64. The molecule has 0 spiro atoms. The smallest absolute Gasteiger partial charge is 0.191 e. The molecule has 0 bridgehead atoms. The summed E-state index contributed by atoms with van der Waals surface area (Å²) in [6, 6.07) is 0. The first kappa shape index (κ1) is 14.7. The van der Waals surface area contributed by atoms with Crippen LogP contribution in [0.5, 0.6) is 0 Å². The zero-order chi connectivity index (χ0) is 12.7. The molecule has 0 atom stereocenters. The third-order valence-electron chi connectivity index (χ3n) is 1.03. The van der Waals surface area contributed by atoms with Crippen molar-refractivity contribution in [1.82, 2.24) is 0 Å². The second-order valence-corrected chi connectivity index (χ2v) is 3.78. The van der Waals surface area contributed by atoms with Gasteiger partial charge < -0.3 is 0 Å². The highest BCUT2D eigenvalue weighted by atomic mass is 31.1. The number of hydrogen-bond acceptors (Lipinski definition) is 0. The molecule has 92 valence electrons. The van der Waals surface area contributed by atoms with Crippen LogP contribution >= 0.6 is 8.58 Å². The molecule has 0 saturated carbocycles. The van der Waals surface area contributed by atoms with Gasteiger partial charge in [0.05, 0.1) is 0 Å². The Balaban J connectivity index is 4.89. The molecule has 0 nitrogen and oxygen atoms in total. The van der Waals surface area contributed by atoms with E-state index >= 15 is 0 Å². The fraction of sp³-hybridized carbons (Fsp3) is 1.00. The first-order chi connectivity index (χ1) is 6.21. The van der Waals surface area contributed by atoms with Gasteiger partial charge in [-0.25, -0.2) is 0 Å². The number of halogens is 10. The minimum atomic E-state index is -6.43. The van der Waals surface area contributed by atoms with E-state index in [1.807, 2.05) is 0 Å². The van der Waals surface area contributed by atoms with Gasteiger partial charge in [0, 0.05) is 8.58 Å². The Labute approximate surface area is 77.4 Å². The average Bonchev–Trinajstić information content (AvgIpc) is 1.77. The fourth-order valence-corrected chi connectivity index (χ4v) is 1.02. The maximum atomic E-state index is 11.9. The van der Waals surface area contributed by atoms with E-state index in [1.165, 1.54) is 0 Å².